The molecule has 2 unspecified atom stereocenters. The number of carbonyl (C=O) groups excluding carboxylic acids is 1. The van der Waals surface area contributed by atoms with E-state index in [1.54, 1.807) is 0 Å². The maximum atomic E-state index is 12.7. The maximum Gasteiger partial charge on any atom is 0.410 e. The van der Waals surface area contributed by atoms with Gasteiger partial charge in [0.1, 0.15) is 5.60 Å². The van der Waals surface area contributed by atoms with E-state index in [4.69, 9.17) is 9.47 Å². The zero-order chi connectivity index (χ0) is 18.1. The van der Waals surface area contributed by atoms with Crippen molar-refractivity contribution in [1.29, 1.82) is 0 Å². The highest BCUT2D eigenvalue weighted by molar-refractivity contribution is 5.69. The zero-order valence-corrected chi connectivity index (χ0v) is 15.7. The topological polar surface area (TPSA) is 50.8 Å². The van der Waals surface area contributed by atoms with Crippen molar-refractivity contribution in [2.75, 3.05) is 19.8 Å². The Morgan fingerprint density at radius 3 is 2.52 bits per heavy atom. The van der Waals surface area contributed by atoms with Gasteiger partial charge in [0.15, 0.2) is 0 Å². The lowest BCUT2D eigenvalue weighted by Gasteiger charge is -2.46. The van der Waals surface area contributed by atoms with Crippen molar-refractivity contribution in [2.45, 2.75) is 63.8 Å². The van der Waals surface area contributed by atoms with Crippen molar-refractivity contribution in [2.24, 2.45) is 0 Å². The molecule has 1 aromatic carbocycles. The Morgan fingerprint density at radius 1 is 1.28 bits per heavy atom. The van der Waals surface area contributed by atoms with Crippen LogP contribution in [-0.2, 0) is 9.47 Å². The molecule has 2 heterocycles. The number of rotatable bonds is 3. The Labute approximate surface area is 150 Å². The van der Waals surface area contributed by atoms with Crippen molar-refractivity contribution in [3.05, 3.63) is 35.9 Å². The van der Waals surface area contributed by atoms with E-state index in [0.717, 1.165) is 31.6 Å². The Balaban J connectivity index is 1.75. The Kier molecular flexibility index (Phi) is 5.07. The summed E-state index contributed by atoms with van der Waals surface area (Å²) in [6.07, 6.45) is 1.59. The lowest BCUT2D eigenvalue weighted by molar-refractivity contribution is -0.0743. The number of amides is 1. The molecule has 5 heteroatoms. The molecule has 0 saturated carbocycles. The molecule has 3 rings (SSSR count). The monoisotopic (exact) mass is 346 g/mol. The summed E-state index contributed by atoms with van der Waals surface area (Å²) in [5.74, 6) is 0. The first-order chi connectivity index (χ1) is 11.8. The second-order valence-corrected chi connectivity index (χ2v) is 8.52. The summed E-state index contributed by atoms with van der Waals surface area (Å²) in [6, 6.07) is 10.7. The number of hydrogen-bond acceptors (Lipinski definition) is 4. The van der Waals surface area contributed by atoms with Crippen molar-refractivity contribution in [3.8, 4) is 0 Å². The third-order valence-corrected chi connectivity index (χ3v) is 4.81. The first-order valence-electron chi connectivity index (χ1n) is 9.16. The van der Waals surface area contributed by atoms with E-state index >= 15 is 0 Å². The fourth-order valence-electron chi connectivity index (χ4n) is 3.61. The van der Waals surface area contributed by atoms with Crippen LogP contribution < -0.4 is 5.32 Å². The molecule has 1 N–H and O–H groups in total. The van der Waals surface area contributed by atoms with Crippen LogP contribution in [0.3, 0.4) is 0 Å². The number of hydrogen-bond donors (Lipinski definition) is 1. The van der Waals surface area contributed by atoms with Crippen molar-refractivity contribution in [1.82, 2.24) is 10.2 Å². The van der Waals surface area contributed by atoms with Crippen LogP contribution in [-0.4, -0.2) is 47.9 Å². The second-order valence-electron chi connectivity index (χ2n) is 8.52. The van der Waals surface area contributed by atoms with Crippen LogP contribution in [0.5, 0.6) is 0 Å². The van der Waals surface area contributed by atoms with Gasteiger partial charge in [-0.05, 0) is 46.1 Å². The fraction of sp³-hybridized carbons (Fsp3) is 0.650. The van der Waals surface area contributed by atoms with Crippen LogP contribution in [0.25, 0.3) is 0 Å². The molecule has 0 bridgehead atoms. The largest absolute Gasteiger partial charge is 0.444 e. The number of carbonyl (C=O) groups is 1. The lowest BCUT2D eigenvalue weighted by atomic mass is 9.89. The lowest BCUT2D eigenvalue weighted by Crippen LogP contribution is -2.62. The molecular formula is C20H30N2O3. The van der Waals surface area contributed by atoms with E-state index in [1.807, 2.05) is 43.9 Å². The molecule has 0 spiro atoms. The molecule has 0 aromatic heterocycles. The molecule has 1 aromatic rings. The molecule has 0 aliphatic carbocycles. The summed E-state index contributed by atoms with van der Waals surface area (Å²) in [5, 5.41) is 3.74. The Hall–Kier alpha value is -1.59. The van der Waals surface area contributed by atoms with E-state index in [1.165, 1.54) is 0 Å². The van der Waals surface area contributed by atoms with E-state index in [9.17, 15) is 4.79 Å². The van der Waals surface area contributed by atoms with Crippen LogP contribution in [0.4, 0.5) is 4.79 Å². The van der Waals surface area contributed by atoms with E-state index in [0.29, 0.717) is 12.6 Å². The van der Waals surface area contributed by atoms with Gasteiger partial charge in [-0.25, -0.2) is 4.79 Å². The van der Waals surface area contributed by atoms with Gasteiger partial charge in [0.05, 0.1) is 24.8 Å². The molecule has 2 saturated heterocycles. The zero-order valence-electron chi connectivity index (χ0n) is 15.7. The van der Waals surface area contributed by atoms with Gasteiger partial charge >= 0.3 is 6.09 Å². The van der Waals surface area contributed by atoms with Gasteiger partial charge in [-0.3, -0.25) is 0 Å². The minimum absolute atomic E-state index is 0.0342. The Morgan fingerprint density at radius 2 is 1.96 bits per heavy atom. The normalized spacial score (nSPS) is 26.0. The first kappa shape index (κ1) is 18.2. The highest BCUT2D eigenvalue weighted by atomic mass is 16.6. The van der Waals surface area contributed by atoms with Crippen LogP contribution in [0.2, 0.25) is 0 Å². The van der Waals surface area contributed by atoms with Crippen molar-refractivity contribution >= 4 is 6.09 Å². The number of benzene rings is 1. The predicted octanol–water partition coefficient (Wildman–Crippen LogP) is 3.51. The van der Waals surface area contributed by atoms with Crippen LogP contribution >= 0.6 is 0 Å². The predicted molar refractivity (Wildman–Crippen MR) is 97.5 cm³/mol. The fourth-order valence-corrected chi connectivity index (χ4v) is 3.61. The number of ether oxygens (including phenoxy) is 2. The molecule has 5 nitrogen and oxygen atoms in total. The van der Waals surface area contributed by atoms with E-state index in [-0.39, 0.29) is 17.7 Å². The van der Waals surface area contributed by atoms with Crippen LogP contribution in [0.15, 0.2) is 30.3 Å². The molecule has 2 fully saturated rings. The maximum absolute atomic E-state index is 12.7. The molecular weight excluding hydrogens is 316 g/mol. The number of likely N-dealkylation sites (tertiary alicyclic amines) is 1. The number of nitrogens with zero attached hydrogens (tertiary/aromatic N) is 1. The summed E-state index contributed by atoms with van der Waals surface area (Å²) < 4.78 is 11.0. The summed E-state index contributed by atoms with van der Waals surface area (Å²) in [6.45, 7) is 10.2. The minimum Gasteiger partial charge on any atom is -0.444 e. The van der Waals surface area contributed by atoms with E-state index in [2.05, 4.69) is 24.4 Å². The number of piperidine rings is 1. The van der Waals surface area contributed by atoms with Crippen molar-refractivity contribution in [3.63, 3.8) is 0 Å². The second kappa shape index (κ2) is 6.96. The smallest absolute Gasteiger partial charge is 0.410 e. The Bertz CT molecular complexity index is 593. The summed E-state index contributed by atoms with van der Waals surface area (Å²) in [5.41, 5.74) is 0.749. The number of nitrogens with one attached hydrogen (secondary N) is 1. The summed E-state index contributed by atoms with van der Waals surface area (Å²) in [4.78, 5) is 14.6. The average Bonchev–Trinajstić information content (AvgIpc) is 2.52. The van der Waals surface area contributed by atoms with Gasteiger partial charge in [-0.15, -0.1) is 0 Å². The third kappa shape index (κ3) is 4.53. The molecule has 25 heavy (non-hydrogen) atoms. The average molecular weight is 346 g/mol. The quantitative estimate of drug-likeness (QED) is 0.910. The van der Waals surface area contributed by atoms with Gasteiger partial charge in [0, 0.05) is 12.6 Å². The van der Waals surface area contributed by atoms with Gasteiger partial charge in [0.2, 0.25) is 0 Å². The molecule has 1 amide bonds. The van der Waals surface area contributed by atoms with Gasteiger partial charge in [-0.1, -0.05) is 30.3 Å². The molecule has 0 radical (unpaired) electrons. The highest BCUT2D eigenvalue weighted by Gasteiger charge is 2.40. The minimum atomic E-state index is -0.482. The van der Waals surface area contributed by atoms with E-state index < -0.39 is 5.60 Å². The third-order valence-electron chi connectivity index (χ3n) is 4.81. The highest BCUT2D eigenvalue weighted by Crippen LogP contribution is 2.33. The summed E-state index contributed by atoms with van der Waals surface area (Å²) in [7, 11) is 0. The van der Waals surface area contributed by atoms with Gasteiger partial charge < -0.3 is 19.7 Å². The molecule has 2 aliphatic rings. The standard InChI is InChI=1S/C20H30N2O3/c1-19(2,3)25-18(23)22-11-10-16(21-20(4)13-24-14-20)12-17(22)15-8-6-5-7-9-15/h5-9,16-17,21H,10-14H2,1-4H3. The van der Waals surface area contributed by atoms with Gasteiger partial charge in [0.25, 0.3) is 0 Å². The molecule has 2 aliphatic heterocycles. The summed E-state index contributed by atoms with van der Waals surface area (Å²) >= 11 is 0. The molecule has 2 atom stereocenters. The van der Waals surface area contributed by atoms with Crippen LogP contribution in [0, 0.1) is 0 Å². The van der Waals surface area contributed by atoms with Gasteiger partial charge in [-0.2, -0.15) is 0 Å². The molecule has 138 valence electrons. The first-order valence-corrected chi connectivity index (χ1v) is 9.16. The SMILES string of the molecule is CC1(NC2CCN(C(=O)OC(C)(C)C)C(c3ccccc3)C2)COC1. The van der Waals surface area contributed by atoms with Crippen LogP contribution in [0.1, 0.15) is 52.1 Å². The van der Waals surface area contributed by atoms with Crippen molar-refractivity contribution < 1.29 is 14.3 Å².